The first-order valence-corrected chi connectivity index (χ1v) is 3.93. The van der Waals surface area contributed by atoms with Gasteiger partial charge in [0.2, 0.25) is 0 Å². The van der Waals surface area contributed by atoms with Crippen molar-refractivity contribution in [2.75, 3.05) is 0 Å². The first kappa shape index (κ1) is 7.34. The van der Waals surface area contributed by atoms with Gasteiger partial charge in [-0.05, 0) is 13.3 Å². The van der Waals surface area contributed by atoms with Crippen molar-refractivity contribution >= 4 is 5.97 Å². The molecule has 0 bridgehead atoms. The van der Waals surface area contributed by atoms with Gasteiger partial charge in [-0.3, -0.25) is 4.79 Å². The third-order valence-electron chi connectivity index (χ3n) is 2.33. The Labute approximate surface area is 69.6 Å². The zero-order chi connectivity index (χ0) is 8.72. The Balaban J connectivity index is 2.15. The number of nitrogens with one attached hydrogen (secondary N) is 1. The van der Waals surface area contributed by atoms with Crippen LogP contribution >= 0.6 is 0 Å². The summed E-state index contributed by atoms with van der Waals surface area (Å²) in [6.45, 7) is 1.92. The average molecular weight is 166 g/mol. The van der Waals surface area contributed by atoms with Crippen LogP contribution < -0.4 is 0 Å². The fraction of sp³-hybridized carbons (Fsp3) is 0.500. The van der Waals surface area contributed by atoms with Crippen molar-refractivity contribution in [3.05, 3.63) is 17.7 Å². The molecule has 0 unspecified atom stereocenters. The highest BCUT2D eigenvalue weighted by molar-refractivity contribution is 5.75. The molecule has 0 amide bonds. The normalized spacial score (nSPS) is 27.1. The van der Waals surface area contributed by atoms with E-state index in [0.717, 1.165) is 17.8 Å². The summed E-state index contributed by atoms with van der Waals surface area (Å²) >= 11 is 0. The Kier molecular flexibility index (Phi) is 1.43. The predicted molar refractivity (Wildman–Crippen MR) is 41.8 cm³/mol. The average Bonchev–Trinajstić information content (AvgIpc) is 2.70. The first-order valence-electron chi connectivity index (χ1n) is 3.93. The molecule has 1 heterocycles. The van der Waals surface area contributed by atoms with E-state index in [1.54, 1.807) is 6.33 Å². The van der Waals surface area contributed by atoms with E-state index in [9.17, 15) is 4.79 Å². The second kappa shape index (κ2) is 2.33. The molecule has 64 valence electrons. The van der Waals surface area contributed by atoms with Crippen LogP contribution in [0.1, 0.15) is 23.7 Å². The van der Waals surface area contributed by atoms with Crippen LogP contribution in [0.15, 0.2) is 6.33 Å². The van der Waals surface area contributed by atoms with Crippen LogP contribution in [0.2, 0.25) is 0 Å². The van der Waals surface area contributed by atoms with E-state index < -0.39 is 5.97 Å². The Bertz CT molecular complexity index is 319. The number of imidazole rings is 1. The minimum absolute atomic E-state index is 0.147. The van der Waals surface area contributed by atoms with Gasteiger partial charge in [0.05, 0.1) is 17.9 Å². The third kappa shape index (κ3) is 0.995. The van der Waals surface area contributed by atoms with Crippen LogP contribution in [0.25, 0.3) is 0 Å². The highest BCUT2D eigenvalue weighted by atomic mass is 16.4. The van der Waals surface area contributed by atoms with Crippen LogP contribution in [0.4, 0.5) is 0 Å². The van der Waals surface area contributed by atoms with E-state index in [2.05, 4.69) is 9.97 Å². The summed E-state index contributed by atoms with van der Waals surface area (Å²) < 4.78 is 0. The van der Waals surface area contributed by atoms with E-state index in [0.29, 0.717) is 0 Å². The number of hydrogen-bond donors (Lipinski definition) is 2. The number of aromatic amines is 1. The maximum atomic E-state index is 10.5. The molecule has 0 aromatic carbocycles. The maximum absolute atomic E-state index is 10.5. The molecule has 1 fully saturated rings. The highest BCUT2D eigenvalue weighted by Gasteiger charge is 2.46. The lowest BCUT2D eigenvalue weighted by Crippen LogP contribution is -1.99. The van der Waals surface area contributed by atoms with Crippen molar-refractivity contribution in [3.8, 4) is 0 Å². The quantitative estimate of drug-likeness (QED) is 0.686. The van der Waals surface area contributed by atoms with Crippen molar-refractivity contribution in [1.29, 1.82) is 0 Å². The molecule has 0 aliphatic heterocycles. The molecule has 2 atom stereocenters. The molecular formula is C8H10N2O2. The Hall–Kier alpha value is -1.32. The number of carboxylic acids is 1. The van der Waals surface area contributed by atoms with E-state index in [-0.39, 0.29) is 11.8 Å². The SMILES string of the molecule is Cc1[nH]cnc1[C@@H]1C[C@H]1C(=O)O. The lowest BCUT2D eigenvalue weighted by molar-refractivity contribution is -0.138. The van der Waals surface area contributed by atoms with Gasteiger partial charge < -0.3 is 10.1 Å². The van der Waals surface area contributed by atoms with Gasteiger partial charge in [-0.25, -0.2) is 4.98 Å². The standard InChI is InChI=1S/C8H10N2O2/c1-4-7(10-3-9-4)5-2-6(5)8(11)12/h3,5-6H,2H2,1H3,(H,9,10)(H,11,12)/t5-,6-/m1/s1. The number of aliphatic carboxylic acids is 1. The summed E-state index contributed by atoms with van der Waals surface area (Å²) in [5, 5.41) is 8.68. The van der Waals surface area contributed by atoms with Crippen molar-refractivity contribution in [2.24, 2.45) is 5.92 Å². The number of aromatic nitrogens is 2. The molecule has 0 radical (unpaired) electrons. The van der Waals surface area contributed by atoms with E-state index in [4.69, 9.17) is 5.11 Å². The van der Waals surface area contributed by atoms with Crippen LogP contribution in [0.5, 0.6) is 0 Å². The Morgan fingerprint density at radius 2 is 2.58 bits per heavy atom. The van der Waals surface area contributed by atoms with Crippen LogP contribution in [0, 0.1) is 12.8 Å². The highest BCUT2D eigenvalue weighted by Crippen LogP contribution is 2.47. The van der Waals surface area contributed by atoms with Crippen LogP contribution in [-0.4, -0.2) is 21.0 Å². The van der Waals surface area contributed by atoms with Gasteiger partial charge in [-0.1, -0.05) is 0 Å². The van der Waals surface area contributed by atoms with Crippen molar-refractivity contribution in [3.63, 3.8) is 0 Å². The Morgan fingerprint density at radius 3 is 3.00 bits per heavy atom. The monoisotopic (exact) mass is 166 g/mol. The lowest BCUT2D eigenvalue weighted by atomic mass is 10.2. The largest absolute Gasteiger partial charge is 0.481 e. The minimum Gasteiger partial charge on any atom is -0.481 e. The number of H-pyrrole nitrogens is 1. The molecule has 12 heavy (non-hydrogen) atoms. The molecule has 0 saturated heterocycles. The zero-order valence-corrected chi connectivity index (χ0v) is 6.74. The van der Waals surface area contributed by atoms with Gasteiger partial charge in [-0.15, -0.1) is 0 Å². The van der Waals surface area contributed by atoms with Gasteiger partial charge in [-0.2, -0.15) is 0 Å². The van der Waals surface area contributed by atoms with E-state index >= 15 is 0 Å². The van der Waals surface area contributed by atoms with Crippen LogP contribution in [-0.2, 0) is 4.79 Å². The fourth-order valence-electron chi connectivity index (χ4n) is 1.51. The fourth-order valence-corrected chi connectivity index (χ4v) is 1.51. The molecule has 0 spiro atoms. The number of carboxylic acid groups (broad SMARTS) is 1. The van der Waals surface area contributed by atoms with Crippen molar-refractivity contribution in [1.82, 2.24) is 9.97 Å². The number of hydrogen-bond acceptors (Lipinski definition) is 2. The molecule has 1 saturated carbocycles. The second-order valence-corrected chi connectivity index (χ2v) is 3.20. The first-order chi connectivity index (χ1) is 5.70. The lowest BCUT2D eigenvalue weighted by Gasteiger charge is -1.92. The maximum Gasteiger partial charge on any atom is 0.307 e. The summed E-state index contributed by atoms with van der Waals surface area (Å²) in [4.78, 5) is 17.6. The summed E-state index contributed by atoms with van der Waals surface area (Å²) in [5.74, 6) is -0.761. The van der Waals surface area contributed by atoms with Gasteiger partial charge in [0, 0.05) is 11.6 Å². The summed E-state index contributed by atoms with van der Waals surface area (Å²) in [7, 11) is 0. The summed E-state index contributed by atoms with van der Waals surface area (Å²) in [6, 6.07) is 0. The predicted octanol–water partition coefficient (Wildman–Crippen LogP) is 0.906. The smallest absolute Gasteiger partial charge is 0.307 e. The molecule has 4 heteroatoms. The van der Waals surface area contributed by atoms with Crippen molar-refractivity contribution in [2.45, 2.75) is 19.3 Å². The Morgan fingerprint density at radius 1 is 1.83 bits per heavy atom. The number of nitrogens with zero attached hydrogens (tertiary/aromatic N) is 1. The molecule has 1 aromatic heterocycles. The topological polar surface area (TPSA) is 66.0 Å². The molecule has 1 aromatic rings. The molecule has 1 aliphatic rings. The number of carbonyl (C=O) groups is 1. The van der Waals surface area contributed by atoms with Gasteiger partial charge in [0.15, 0.2) is 0 Å². The number of rotatable bonds is 2. The zero-order valence-electron chi connectivity index (χ0n) is 6.74. The molecule has 4 nitrogen and oxygen atoms in total. The van der Waals surface area contributed by atoms with E-state index in [1.807, 2.05) is 6.92 Å². The van der Waals surface area contributed by atoms with Gasteiger partial charge in [0.25, 0.3) is 0 Å². The third-order valence-corrected chi connectivity index (χ3v) is 2.33. The summed E-state index contributed by atoms with van der Waals surface area (Å²) in [5.41, 5.74) is 1.91. The molecular weight excluding hydrogens is 156 g/mol. The van der Waals surface area contributed by atoms with E-state index in [1.165, 1.54) is 0 Å². The number of aryl methyl sites for hydroxylation is 1. The molecule has 1 aliphatic carbocycles. The van der Waals surface area contributed by atoms with Gasteiger partial charge in [0.1, 0.15) is 0 Å². The van der Waals surface area contributed by atoms with Gasteiger partial charge >= 0.3 is 5.97 Å². The van der Waals surface area contributed by atoms with Crippen LogP contribution in [0.3, 0.4) is 0 Å². The van der Waals surface area contributed by atoms with Crippen molar-refractivity contribution < 1.29 is 9.90 Å². The molecule has 2 rings (SSSR count). The second-order valence-electron chi connectivity index (χ2n) is 3.20. The summed E-state index contributed by atoms with van der Waals surface area (Å²) in [6.07, 6.45) is 2.35. The molecule has 2 N–H and O–H groups in total. The minimum atomic E-state index is -0.706.